The number of benzene rings is 1. The second-order valence-electron chi connectivity index (χ2n) is 7.33. The molecule has 1 rings (SSSR count). The lowest BCUT2D eigenvalue weighted by atomic mass is 10.1. The average Bonchev–Trinajstić information content (AvgIpc) is 2.65. The molecule has 0 spiro atoms. The minimum atomic E-state index is -0.585. The number of thioether (sulfide) groups is 1. The van der Waals surface area contributed by atoms with Crippen LogP contribution in [0.5, 0.6) is 0 Å². The Kier molecular flexibility index (Phi) is 12.7. The monoisotopic (exact) mass is 408 g/mol. The number of amides is 2. The molecule has 0 saturated heterocycles. The molecule has 28 heavy (non-hydrogen) atoms. The van der Waals surface area contributed by atoms with Gasteiger partial charge in [-0.3, -0.25) is 4.79 Å². The Labute approximate surface area is 172 Å². The first-order valence-corrected chi connectivity index (χ1v) is 10.6. The van der Waals surface area contributed by atoms with Gasteiger partial charge in [0.15, 0.2) is 0 Å². The third-order valence-corrected chi connectivity index (χ3v) is 4.42. The van der Waals surface area contributed by atoms with Crippen molar-refractivity contribution < 1.29 is 14.3 Å². The van der Waals surface area contributed by atoms with E-state index in [4.69, 9.17) is 15.5 Å². The highest BCUT2D eigenvalue weighted by atomic mass is 32.2. The second kappa shape index (κ2) is 13.8. The Bertz CT molecular complexity index is 602. The number of likely N-dealkylation sites (N-methyl/N-ethyl adjacent to an activating group) is 1. The van der Waals surface area contributed by atoms with Gasteiger partial charge in [-0.15, -0.1) is 0 Å². The second-order valence-corrected chi connectivity index (χ2v) is 8.31. The van der Waals surface area contributed by atoms with E-state index in [1.807, 2.05) is 24.5 Å². The fourth-order valence-corrected chi connectivity index (χ4v) is 2.96. The summed E-state index contributed by atoms with van der Waals surface area (Å²) in [4.78, 5) is 26.5. The summed E-state index contributed by atoms with van der Waals surface area (Å²) >= 11 is 1.65. The van der Waals surface area contributed by atoms with E-state index >= 15 is 0 Å². The summed E-state index contributed by atoms with van der Waals surface area (Å²) in [6.07, 6.45) is 3.83. The molecule has 0 aliphatic heterocycles. The van der Waals surface area contributed by atoms with Crippen molar-refractivity contribution in [3.63, 3.8) is 0 Å². The van der Waals surface area contributed by atoms with E-state index in [9.17, 15) is 9.59 Å². The summed E-state index contributed by atoms with van der Waals surface area (Å²) in [5, 5.41) is 14.7. The lowest BCUT2D eigenvalue weighted by Gasteiger charge is -2.26. The van der Waals surface area contributed by atoms with Crippen LogP contribution in [0.1, 0.15) is 39.2 Å². The molecule has 0 aliphatic rings. The van der Waals surface area contributed by atoms with E-state index in [1.165, 1.54) is 5.56 Å². The van der Waals surface area contributed by atoms with E-state index in [0.717, 1.165) is 18.6 Å². The summed E-state index contributed by atoms with van der Waals surface area (Å²) in [5.41, 5.74) is 0.679. The van der Waals surface area contributed by atoms with Crippen molar-refractivity contribution in [3.8, 4) is 0 Å². The zero-order chi connectivity index (χ0) is 21.6. The molecule has 2 amide bonds. The van der Waals surface area contributed by atoms with E-state index in [2.05, 4.69) is 17.4 Å². The number of nitrogens with zero attached hydrogens (tertiary/aromatic N) is 3. The van der Waals surface area contributed by atoms with Gasteiger partial charge in [-0.05, 0) is 57.6 Å². The van der Waals surface area contributed by atoms with Crippen molar-refractivity contribution in [3.05, 3.63) is 35.9 Å². The minimum absolute atomic E-state index is 0.0713. The molecule has 1 aromatic rings. The van der Waals surface area contributed by atoms with Crippen molar-refractivity contribution >= 4 is 23.8 Å². The third-order valence-electron chi connectivity index (χ3n) is 3.78. The molecule has 0 radical (unpaired) electrons. The highest BCUT2D eigenvalue weighted by Crippen LogP contribution is 2.10. The lowest BCUT2D eigenvalue weighted by molar-refractivity contribution is -0.132. The van der Waals surface area contributed by atoms with Crippen LogP contribution in [0.4, 0.5) is 4.79 Å². The SMILES string of the molecule is CSCC[C@@H](NC(=O)OC(C)(C)C)C(=O)N(C)CCCc1ccccc1.N#N. The molecule has 1 N–H and O–H groups in total. The standard InChI is InChI=1S/C20H32N2O3S.N2/c1-20(2,3)25-19(24)21-17(13-15-26-5)18(23)22(4)14-9-12-16-10-7-6-8-11-16;1-2/h6-8,10-11,17H,9,12-15H2,1-5H3,(H,21,24);/t17-;/m1./s1. The van der Waals surface area contributed by atoms with Gasteiger partial charge in [0.05, 0.1) is 0 Å². The van der Waals surface area contributed by atoms with Crippen LogP contribution >= 0.6 is 11.8 Å². The average molecular weight is 409 g/mol. The number of alkyl carbamates (subject to hydrolysis) is 1. The van der Waals surface area contributed by atoms with Crippen molar-refractivity contribution in [2.45, 2.75) is 51.7 Å². The Morgan fingerprint density at radius 3 is 2.36 bits per heavy atom. The Hall–Kier alpha value is -2.27. The molecule has 1 aromatic carbocycles. The number of aryl methyl sites for hydroxylation is 1. The number of hydrogen-bond acceptors (Lipinski definition) is 6. The van der Waals surface area contributed by atoms with Crippen LogP contribution in [-0.2, 0) is 16.0 Å². The molecule has 0 bridgehead atoms. The number of hydrogen-bond donors (Lipinski definition) is 1. The van der Waals surface area contributed by atoms with E-state index in [0.29, 0.717) is 13.0 Å². The maximum atomic E-state index is 12.7. The predicted molar refractivity (Wildman–Crippen MR) is 112 cm³/mol. The molecule has 0 unspecified atom stereocenters. The van der Waals surface area contributed by atoms with Crippen LogP contribution in [0.25, 0.3) is 0 Å². The van der Waals surface area contributed by atoms with E-state index in [1.54, 1.807) is 44.5 Å². The van der Waals surface area contributed by atoms with Gasteiger partial charge in [0, 0.05) is 24.4 Å². The quantitative estimate of drug-likeness (QED) is 0.624. The molecule has 1 atom stereocenters. The number of carbonyl (C=O) groups is 2. The van der Waals surface area contributed by atoms with Crippen LogP contribution < -0.4 is 5.32 Å². The van der Waals surface area contributed by atoms with Crippen molar-refractivity contribution in [1.29, 1.82) is 10.8 Å². The summed E-state index contributed by atoms with van der Waals surface area (Å²) < 4.78 is 5.29. The van der Waals surface area contributed by atoms with Crippen LogP contribution in [0.15, 0.2) is 30.3 Å². The van der Waals surface area contributed by atoms with E-state index in [-0.39, 0.29) is 5.91 Å². The highest BCUT2D eigenvalue weighted by Gasteiger charge is 2.26. The molecule has 156 valence electrons. The number of nitrogens with one attached hydrogen (secondary N) is 1. The molecule has 8 heteroatoms. The fraction of sp³-hybridized carbons (Fsp3) is 0.600. The first-order chi connectivity index (χ1) is 13.2. The van der Waals surface area contributed by atoms with Crippen LogP contribution in [0.3, 0.4) is 0 Å². The topological polar surface area (TPSA) is 106 Å². The zero-order valence-electron chi connectivity index (χ0n) is 17.5. The predicted octanol–water partition coefficient (Wildman–Crippen LogP) is 3.75. The van der Waals surface area contributed by atoms with Crippen LogP contribution in [0, 0.1) is 10.8 Å². The summed E-state index contributed by atoms with van der Waals surface area (Å²) in [6, 6.07) is 9.66. The summed E-state index contributed by atoms with van der Waals surface area (Å²) in [6.45, 7) is 6.07. The lowest BCUT2D eigenvalue weighted by Crippen LogP contribution is -2.49. The number of rotatable bonds is 9. The molecule has 0 heterocycles. The number of ether oxygens (including phenoxy) is 1. The van der Waals surface area contributed by atoms with Crippen molar-refractivity contribution in [1.82, 2.24) is 10.2 Å². The third kappa shape index (κ3) is 11.4. The van der Waals surface area contributed by atoms with Gasteiger partial charge < -0.3 is 15.0 Å². The van der Waals surface area contributed by atoms with Crippen molar-refractivity contribution in [2.75, 3.05) is 25.6 Å². The minimum Gasteiger partial charge on any atom is -0.444 e. The molecule has 7 nitrogen and oxygen atoms in total. The smallest absolute Gasteiger partial charge is 0.408 e. The van der Waals surface area contributed by atoms with Gasteiger partial charge >= 0.3 is 6.09 Å². The first-order valence-electron chi connectivity index (χ1n) is 9.20. The number of carbonyl (C=O) groups excluding carboxylic acids is 2. The van der Waals surface area contributed by atoms with Gasteiger partial charge in [0.1, 0.15) is 11.6 Å². The highest BCUT2D eigenvalue weighted by molar-refractivity contribution is 7.98. The Morgan fingerprint density at radius 2 is 1.82 bits per heavy atom. The first kappa shape index (κ1) is 25.7. The molecule has 0 aromatic heterocycles. The zero-order valence-corrected chi connectivity index (χ0v) is 18.3. The van der Waals surface area contributed by atoms with Gasteiger partial charge in [0.2, 0.25) is 5.91 Å². The molecule has 0 saturated carbocycles. The van der Waals surface area contributed by atoms with E-state index < -0.39 is 17.7 Å². The summed E-state index contributed by atoms with van der Waals surface area (Å²) in [5.74, 6) is 0.724. The Balaban J connectivity index is 0.00000352. The summed E-state index contributed by atoms with van der Waals surface area (Å²) in [7, 11) is 1.79. The fourth-order valence-electron chi connectivity index (χ4n) is 2.48. The van der Waals surface area contributed by atoms with Gasteiger partial charge in [-0.25, -0.2) is 4.79 Å². The van der Waals surface area contributed by atoms with Crippen molar-refractivity contribution in [2.24, 2.45) is 0 Å². The van der Waals surface area contributed by atoms with Crippen LogP contribution in [0.2, 0.25) is 0 Å². The Morgan fingerprint density at radius 1 is 1.21 bits per heavy atom. The molecule has 0 fully saturated rings. The maximum absolute atomic E-state index is 12.7. The largest absolute Gasteiger partial charge is 0.444 e. The molecule has 0 aliphatic carbocycles. The van der Waals surface area contributed by atoms with Gasteiger partial charge in [-0.1, -0.05) is 30.3 Å². The molecular formula is C20H32N4O3S. The molecular weight excluding hydrogens is 376 g/mol. The maximum Gasteiger partial charge on any atom is 0.408 e. The van der Waals surface area contributed by atoms with Crippen LogP contribution in [-0.4, -0.2) is 54.1 Å². The normalized spacial score (nSPS) is 11.5. The van der Waals surface area contributed by atoms with Gasteiger partial charge in [-0.2, -0.15) is 11.8 Å². The van der Waals surface area contributed by atoms with Gasteiger partial charge in [0.25, 0.3) is 0 Å².